The van der Waals surface area contributed by atoms with Crippen LogP contribution in [0.5, 0.6) is 5.75 Å². The molecule has 2 aromatic carbocycles. The van der Waals surface area contributed by atoms with Gasteiger partial charge in [-0.1, -0.05) is 30.3 Å². The number of thiocarbonyl (C=S) groups is 1. The third kappa shape index (κ3) is 4.19. The van der Waals surface area contributed by atoms with Crippen molar-refractivity contribution < 1.29 is 5.11 Å². The first-order valence-electron chi connectivity index (χ1n) is 5.83. The first-order valence-corrected chi connectivity index (χ1v) is 7.82. The predicted octanol–water partition coefficient (Wildman–Crippen LogP) is 4.40. The molecule has 0 saturated carbocycles. The first kappa shape index (κ1) is 15.3. The fourth-order valence-corrected chi connectivity index (χ4v) is 2.97. The van der Waals surface area contributed by atoms with Crippen LogP contribution in [0.3, 0.4) is 0 Å². The summed E-state index contributed by atoms with van der Waals surface area (Å²) in [6, 6.07) is 13.5. The highest BCUT2D eigenvalue weighted by Gasteiger charge is 2.06. The van der Waals surface area contributed by atoms with Crippen LogP contribution in [0.4, 0.5) is 5.69 Å². The van der Waals surface area contributed by atoms with Crippen LogP contribution in [0.1, 0.15) is 5.56 Å². The van der Waals surface area contributed by atoms with Crippen LogP contribution >= 0.6 is 44.1 Å². The number of hydrogen-bond donors (Lipinski definition) is 3. The maximum Gasteiger partial charge on any atom is 0.171 e. The molecule has 0 aliphatic carbocycles. The molecule has 0 saturated heterocycles. The zero-order valence-corrected chi connectivity index (χ0v) is 14.3. The van der Waals surface area contributed by atoms with E-state index in [9.17, 15) is 5.11 Å². The van der Waals surface area contributed by atoms with E-state index in [1.165, 1.54) is 0 Å². The minimum absolute atomic E-state index is 0.165. The van der Waals surface area contributed by atoms with Gasteiger partial charge in [-0.25, -0.2) is 0 Å². The van der Waals surface area contributed by atoms with Crippen LogP contribution in [-0.4, -0.2) is 10.2 Å². The Morgan fingerprint density at radius 1 is 1.10 bits per heavy atom. The van der Waals surface area contributed by atoms with Crippen LogP contribution < -0.4 is 10.6 Å². The molecule has 104 valence electrons. The molecule has 0 spiro atoms. The normalized spacial score (nSPS) is 10.1. The second kappa shape index (κ2) is 7.06. The molecular weight excluding hydrogens is 404 g/mol. The topological polar surface area (TPSA) is 44.3 Å². The van der Waals surface area contributed by atoms with Crippen molar-refractivity contribution >= 4 is 54.9 Å². The minimum atomic E-state index is 0.165. The minimum Gasteiger partial charge on any atom is -0.506 e. The highest BCUT2D eigenvalue weighted by atomic mass is 79.9. The molecule has 0 bridgehead atoms. The highest BCUT2D eigenvalue weighted by Crippen LogP contribution is 2.35. The molecule has 6 heteroatoms. The van der Waals surface area contributed by atoms with Gasteiger partial charge in [0.25, 0.3) is 0 Å². The highest BCUT2D eigenvalue weighted by molar-refractivity contribution is 9.11. The number of phenolic OH excluding ortho intramolecular Hbond substituents is 1. The van der Waals surface area contributed by atoms with Gasteiger partial charge in [0.15, 0.2) is 5.11 Å². The van der Waals surface area contributed by atoms with Crippen molar-refractivity contribution in [1.29, 1.82) is 0 Å². The Labute approximate surface area is 139 Å². The second-order valence-electron chi connectivity index (χ2n) is 4.08. The number of anilines is 1. The largest absolute Gasteiger partial charge is 0.506 e. The molecule has 2 rings (SSSR count). The number of rotatable bonds is 3. The summed E-state index contributed by atoms with van der Waals surface area (Å²) in [6.07, 6.45) is 0. The first-order chi connectivity index (χ1) is 9.56. The number of phenols is 1. The lowest BCUT2D eigenvalue weighted by Gasteiger charge is -2.12. The standard InChI is InChI=1S/C14H12Br2N2OS/c15-11-6-10(7-12(16)13(11)19)18-14(20)17-8-9-4-2-1-3-5-9/h1-7,19H,8H2,(H2,17,18,20). The zero-order valence-electron chi connectivity index (χ0n) is 10.4. The zero-order chi connectivity index (χ0) is 14.5. The fraction of sp³-hybridized carbons (Fsp3) is 0.0714. The van der Waals surface area contributed by atoms with Gasteiger partial charge in [0.1, 0.15) is 5.75 Å². The van der Waals surface area contributed by atoms with Crippen LogP contribution in [0.2, 0.25) is 0 Å². The Bertz CT molecular complexity index is 597. The van der Waals surface area contributed by atoms with Gasteiger partial charge in [-0.05, 0) is 61.8 Å². The molecule has 20 heavy (non-hydrogen) atoms. The lowest BCUT2D eigenvalue weighted by Crippen LogP contribution is -2.27. The van der Waals surface area contributed by atoms with Gasteiger partial charge in [-0.3, -0.25) is 0 Å². The van der Waals surface area contributed by atoms with Gasteiger partial charge in [0, 0.05) is 12.2 Å². The van der Waals surface area contributed by atoms with E-state index >= 15 is 0 Å². The monoisotopic (exact) mass is 414 g/mol. The SMILES string of the molecule is Oc1c(Br)cc(NC(=S)NCc2ccccc2)cc1Br. The Kier molecular flexibility index (Phi) is 5.39. The summed E-state index contributed by atoms with van der Waals surface area (Å²) in [6.45, 7) is 0.660. The van der Waals surface area contributed by atoms with E-state index in [0.717, 1.165) is 11.3 Å². The molecule has 3 nitrogen and oxygen atoms in total. The Morgan fingerprint density at radius 3 is 2.30 bits per heavy atom. The third-order valence-corrected chi connectivity index (χ3v) is 4.03. The average Bonchev–Trinajstić information content (AvgIpc) is 2.43. The molecule has 3 N–H and O–H groups in total. The van der Waals surface area contributed by atoms with Crippen molar-refractivity contribution in [1.82, 2.24) is 5.32 Å². The summed E-state index contributed by atoms with van der Waals surface area (Å²) in [7, 11) is 0. The summed E-state index contributed by atoms with van der Waals surface area (Å²) in [5.74, 6) is 0.165. The van der Waals surface area contributed by atoms with Crippen molar-refractivity contribution in [2.75, 3.05) is 5.32 Å². The Morgan fingerprint density at radius 2 is 1.70 bits per heavy atom. The lowest BCUT2D eigenvalue weighted by atomic mass is 10.2. The number of nitrogens with one attached hydrogen (secondary N) is 2. The number of halogens is 2. The van der Waals surface area contributed by atoms with Gasteiger partial charge < -0.3 is 15.7 Å². The summed E-state index contributed by atoms with van der Waals surface area (Å²) in [4.78, 5) is 0. The van der Waals surface area contributed by atoms with Crippen molar-refractivity contribution in [2.24, 2.45) is 0 Å². The molecule has 0 unspecified atom stereocenters. The predicted molar refractivity (Wildman–Crippen MR) is 93.0 cm³/mol. The summed E-state index contributed by atoms with van der Waals surface area (Å²) in [5, 5.41) is 16.4. The van der Waals surface area contributed by atoms with Crippen molar-refractivity contribution in [3.63, 3.8) is 0 Å². The molecule has 0 amide bonds. The van der Waals surface area contributed by atoms with E-state index in [1.54, 1.807) is 12.1 Å². The Hall–Kier alpha value is -1.11. The average molecular weight is 416 g/mol. The molecule has 0 radical (unpaired) electrons. The van der Waals surface area contributed by atoms with E-state index in [4.69, 9.17) is 12.2 Å². The van der Waals surface area contributed by atoms with Crippen molar-refractivity contribution in [3.8, 4) is 5.75 Å². The maximum atomic E-state index is 9.65. The maximum absolute atomic E-state index is 9.65. The van der Waals surface area contributed by atoms with Gasteiger partial charge in [-0.2, -0.15) is 0 Å². The molecule has 0 heterocycles. The van der Waals surface area contributed by atoms with Crippen molar-refractivity contribution in [2.45, 2.75) is 6.54 Å². The molecule has 0 aliphatic heterocycles. The number of aromatic hydroxyl groups is 1. The second-order valence-corrected chi connectivity index (χ2v) is 6.20. The Balaban J connectivity index is 1.95. The van der Waals surface area contributed by atoms with Gasteiger partial charge in [0.05, 0.1) is 8.95 Å². The van der Waals surface area contributed by atoms with E-state index in [-0.39, 0.29) is 5.75 Å². The van der Waals surface area contributed by atoms with Crippen molar-refractivity contribution in [3.05, 3.63) is 57.0 Å². The van der Waals surface area contributed by atoms with E-state index in [2.05, 4.69) is 42.5 Å². The summed E-state index contributed by atoms with van der Waals surface area (Å²) in [5.41, 5.74) is 1.94. The van der Waals surface area contributed by atoms with Gasteiger partial charge in [0.2, 0.25) is 0 Å². The van der Waals surface area contributed by atoms with Crippen LogP contribution in [0.25, 0.3) is 0 Å². The quantitative estimate of drug-likeness (QED) is 0.513. The molecular formula is C14H12Br2N2OS. The summed E-state index contributed by atoms with van der Waals surface area (Å²) >= 11 is 11.8. The van der Waals surface area contributed by atoms with Crippen LogP contribution in [0.15, 0.2) is 51.4 Å². The van der Waals surface area contributed by atoms with Crippen LogP contribution in [-0.2, 0) is 6.54 Å². The third-order valence-electron chi connectivity index (χ3n) is 2.57. The lowest BCUT2D eigenvalue weighted by molar-refractivity contribution is 0.468. The van der Waals surface area contributed by atoms with Gasteiger partial charge in [-0.15, -0.1) is 0 Å². The molecule has 0 aromatic heterocycles. The smallest absolute Gasteiger partial charge is 0.171 e. The number of benzene rings is 2. The molecule has 2 aromatic rings. The molecule has 0 aliphatic rings. The van der Waals surface area contributed by atoms with Gasteiger partial charge >= 0.3 is 0 Å². The fourth-order valence-electron chi connectivity index (χ4n) is 1.59. The van der Waals surface area contributed by atoms with E-state index in [1.807, 2.05) is 30.3 Å². The molecule has 0 atom stereocenters. The van der Waals surface area contributed by atoms with E-state index in [0.29, 0.717) is 20.6 Å². The molecule has 0 fully saturated rings. The van der Waals surface area contributed by atoms with E-state index < -0.39 is 0 Å². The number of hydrogen-bond acceptors (Lipinski definition) is 2. The van der Waals surface area contributed by atoms with Crippen LogP contribution in [0, 0.1) is 0 Å². The summed E-state index contributed by atoms with van der Waals surface area (Å²) < 4.78 is 1.19.